The number of fused-ring (bicyclic) bond motifs is 1. The van der Waals surface area contributed by atoms with Gasteiger partial charge in [-0.25, -0.2) is 8.78 Å². The summed E-state index contributed by atoms with van der Waals surface area (Å²) in [5.41, 5.74) is -4.30. The molecular weight excluding hydrogens is 503 g/mol. The molecule has 0 aliphatic carbocycles. The van der Waals surface area contributed by atoms with E-state index in [1.807, 2.05) is 0 Å². The zero-order chi connectivity index (χ0) is 22.2. The van der Waals surface area contributed by atoms with Gasteiger partial charge < -0.3 is 14.5 Å². The molecule has 12 heteroatoms. The summed E-state index contributed by atoms with van der Waals surface area (Å²) in [5, 5.41) is 0.119. The van der Waals surface area contributed by atoms with E-state index in [9.17, 15) is 26.9 Å². The zero-order valence-corrected chi connectivity index (χ0v) is 18.6. The summed E-state index contributed by atoms with van der Waals surface area (Å²) in [6, 6.07) is 2.65. The lowest BCUT2D eigenvalue weighted by Gasteiger charge is -2.16. The highest BCUT2D eigenvalue weighted by Crippen LogP contribution is 2.63. The van der Waals surface area contributed by atoms with Gasteiger partial charge in [-0.2, -0.15) is 8.78 Å². The van der Waals surface area contributed by atoms with Crippen molar-refractivity contribution in [2.75, 3.05) is 6.61 Å². The first-order chi connectivity index (χ1) is 13.2. The largest absolute Gasteiger partial charge is 0.492 e. The van der Waals surface area contributed by atoms with Crippen LogP contribution in [0, 0.1) is 0 Å². The highest BCUT2D eigenvalue weighted by Gasteiger charge is 2.53. The molecule has 0 unspecified atom stereocenters. The number of thiophene rings is 1. The van der Waals surface area contributed by atoms with Gasteiger partial charge in [-0.3, -0.25) is 9.36 Å². The van der Waals surface area contributed by atoms with Crippen LogP contribution in [0.1, 0.15) is 48.3 Å². The number of Topliss-reactive ketones (excluding diaryl/α,β-unsaturated/α-hetero) is 1. The number of carbonyl (C=O) groups excluding carboxylic acids is 1. The predicted molar refractivity (Wildman–Crippen MR) is 105 cm³/mol. The van der Waals surface area contributed by atoms with Gasteiger partial charge in [0.2, 0.25) is 5.92 Å². The molecule has 0 amide bonds. The SMILES string of the molecule is CCC(=O)c1cc(OCCCC(C)(F)F)c2sc(C(F)(F)P(=O)(O)O)c(Br)c2c1. The van der Waals surface area contributed by atoms with Gasteiger partial charge >= 0.3 is 13.3 Å². The molecule has 29 heavy (non-hydrogen) atoms. The second-order valence-electron chi connectivity index (χ2n) is 6.48. The summed E-state index contributed by atoms with van der Waals surface area (Å²) in [4.78, 5) is 29.3. The molecule has 0 saturated carbocycles. The Morgan fingerprint density at radius 1 is 1.28 bits per heavy atom. The van der Waals surface area contributed by atoms with Crippen LogP contribution in [-0.2, 0) is 10.2 Å². The molecule has 1 aromatic carbocycles. The van der Waals surface area contributed by atoms with Crippen LogP contribution >= 0.6 is 34.9 Å². The van der Waals surface area contributed by atoms with E-state index in [0.29, 0.717) is 11.3 Å². The Morgan fingerprint density at radius 2 is 1.90 bits per heavy atom. The second kappa shape index (κ2) is 8.63. The Hall–Kier alpha value is -1.00. The Morgan fingerprint density at radius 3 is 2.41 bits per heavy atom. The van der Waals surface area contributed by atoms with Crippen molar-refractivity contribution in [2.24, 2.45) is 0 Å². The molecule has 2 rings (SSSR count). The number of hydrogen-bond acceptors (Lipinski definition) is 4. The third kappa shape index (κ3) is 5.38. The van der Waals surface area contributed by atoms with E-state index in [1.54, 1.807) is 6.92 Å². The molecule has 5 nitrogen and oxygen atoms in total. The van der Waals surface area contributed by atoms with E-state index in [4.69, 9.17) is 14.5 Å². The summed E-state index contributed by atoms with van der Waals surface area (Å²) in [6.45, 7) is 2.22. The van der Waals surface area contributed by atoms with Crippen LogP contribution < -0.4 is 4.74 Å². The maximum Gasteiger partial charge on any atom is 0.400 e. The summed E-state index contributed by atoms with van der Waals surface area (Å²) in [5.74, 6) is -3.18. The van der Waals surface area contributed by atoms with E-state index in [2.05, 4.69) is 15.9 Å². The van der Waals surface area contributed by atoms with Crippen molar-refractivity contribution in [1.82, 2.24) is 0 Å². The molecule has 0 radical (unpaired) electrons. The minimum absolute atomic E-state index is 0.0113. The first-order valence-corrected chi connectivity index (χ1v) is 11.6. The molecule has 0 aliphatic heterocycles. The fourth-order valence-electron chi connectivity index (χ4n) is 2.50. The van der Waals surface area contributed by atoms with Crippen LogP contribution in [0.3, 0.4) is 0 Å². The Kier molecular flexibility index (Phi) is 7.22. The smallest absolute Gasteiger partial charge is 0.400 e. The van der Waals surface area contributed by atoms with E-state index < -0.39 is 30.5 Å². The van der Waals surface area contributed by atoms with Gasteiger partial charge in [0.15, 0.2) is 5.78 Å². The number of halogens is 5. The van der Waals surface area contributed by atoms with E-state index in [1.165, 1.54) is 12.1 Å². The fourth-order valence-corrected chi connectivity index (χ4v) is 5.48. The average molecular weight is 521 g/mol. The van der Waals surface area contributed by atoms with E-state index >= 15 is 0 Å². The number of benzene rings is 1. The maximum absolute atomic E-state index is 14.3. The molecule has 0 fully saturated rings. The summed E-state index contributed by atoms with van der Waals surface area (Å²) in [6.07, 6.45) is -0.339. The number of hydrogen-bond donors (Lipinski definition) is 2. The molecule has 1 heterocycles. The number of carbonyl (C=O) groups is 1. The van der Waals surface area contributed by atoms with Gasteiger partial charge in [-0.05, 0) is 41.4 Å². The number of alkyl halides is 4. The minimum Gasteiger partial charge on any atom is -0.492 e. The maximum atomic E-state index is 14.3. The van der Waals surface area contributed by atoms with Crippen LogP contribution in [0.4, 0.5) is 17.6 Å². The first-order valence-electron chi connectivity index (χ1n) is 8.43. The van der Waals surface area contributed by atoms with Crippen molar-refractivity contribution < 1.29 is 41.4 Å². The standard InChI is InChI=1S/C17H18BrF4O5PS/c1-3-11(23)9-7-10-13(18)15(17(21,22)28(24,25)26)29-14(10)12(8-9)27-6-4-5-16(2,19)20/h7-8H,3-6H2,1-2H3,(H2,24,25,26). The fraction of sp³-hybridized carbons (Fsp3) is 0.471. The minimum atomic E-state index is -5.81. The summed E-state index contributed by atoms with van der Waals surface area (Å²) < 4.78 is 71.1. The Labute approximate surface area is 176 Å². The van der Waals surface area contributed by atoms with Gasteiger partial charge in [0.1, 0.15) is 10.6 Å². The zero-order valence-electron chi connectivity index (χ0n) is 15.3. The molecule has 0 spiro atoms. The lowest BCUT2D eigenvalue weighted by atomic mass is 10.1. The van der Waals surface area contributed by atoms with Gasteiger partial charge in [-0.1, -0.05) is 6.92 Å². The monoisotopic (exact) mass is 520 g/mol. The summed E-state index contributed by atoms with van der Waals surface area (Å²) in [7, 11) is -5.81. The van der Waals surface area contributed by atoms with Crippen LogP contribution in [-0.4, -0.2) is 28.1 Å². The quantitative estimate of drug-likeness (QED) is 0.175. The van der Waals surface area contributed by atoms with Gasteiger partial charge in [0.05, 0.1) is 11.3 Å². The Bertz CT molecular complexity index is 967. The molecule has 0 atom stereocenters. The van der Waals surface area contributed by atoms with E-state index in [0.717, 1.165) is 6.92 Å². The van der Waals surface area contributed by atoms with Crippen molar-refractivity contribution in [3.05, 3.63) is 27.0 Å². The summed E-state index contributed by atoms with van der Waals surface area (Å²) >= 11 is 3.35. The van der Waals surface area contributed by atoms with Crippen LogP contribution in [0.15, 0.2) is 16.6 Å². The van der Waals surface area contributed by atoms with E-state index in [-0.39, 0.29) is 51.1 Å². The molecule has 2 aromatic rings. The van der Waals surface area contributed by atoms with Crippen LogP contribution in [0.2, 0.25) is 0 Å². The van der Waals surface area contributed by atoms with Crippen molar-refractivity contribution in [3.8, 4) is 5.75 Å². The normalized spacial score (nSPS) is 13.1. The van der Waals surface area contributed by atoms with Crippen LogP contribution in [0.5, 0.6) is 5.75 Å². The third-order valence-electron chi connectivity index (χ3n) is 3.99. The molecular formula is C17H18BrF4O5PS. The van der Waals surface area contributed by atoms with Gasteiger partial charge in [0.25, 0.3) is 0 Å². The average Bonchev–Trinajstić information content (AvgIpc) is 2.93. The third-order valence-corrected chi connectivity index (χ3v) is 7.48. The highest BCUT2D eigenvalue weighted by molar-refractivity contribution is 9.10. The van der Waals surface area contributed by atoms with Crippen molar-refractivity contribution >= 4 is 50.7 Å². The topological polar surface area (TPSA) is 83.8 Å². The number of rotatable bonds is 9. The molecule has 0 saturated heterocycles. The molecule has 162 valence electrons. The van der Waals surface area contributed by atoms with Crippen molar-refractivity contribution in [3.63, 3.8) is 0 Å². The first kappa shape index (κ1) is 24.3. The van der Waals surface area contributed by atoms with Gasteiger partial charge in [0, 0.05) is 28.3 Å². The number of ketones is 1. The van der Waals surface area contributed by atoms with Gasteiger partial charge in [-0.15, -0.1) is 11.3 Å². The second-order valence-corrected chi connectivity index (χ2v) is 9.94. The van der Waals surface area contributed by atoms with Crippen LogP contribution in [0.25, 0.3) is 10.1 Å². The molecule has 0 bridgehead atoms. The lowest BCUT2D eigenvalue weighted by Crippen LogP contribution is -2.12. The highest BCUT2D eigenvalue weighted by atomic mass is 79.9. The lowest BCUT2D eigenvalue weighted by molar-refractivity contribution is 0.00773. The molecule has 2 N–H and O–H groups in total. The van der Waals surface area contributed by atoms with Crippen molar-refractivity contribution in [1.29, 1.82) is 0 Å². The molecule has 1 aromatic heterocycles. The van der Waals surface area contributed by atoms with Crippen molar-refractivity contribution in [2.45, 2.75) is 44.7 Å². The molecule has 0 aliphatic rings. The Balaban J connectivity index is 2.55. The predicted octanol–water partition coefficient (Wildman–Crippen LogP) is 6.30. The number of ether oxygens (including phenoxy) is 1.